The van der Waals surface area contributed by atoms with Gasteiger partial charge in [0.2, 0.25) is 0 Å². The van der Waals surface area contributed by atoms with Crippen molar-refractivity contribution >= 4 is 29.9 Å². The van der Waals surface area contributed by atoms with Crippen LogP contribution in [0.4, 0.5) is 0 Å². The largest absolute Gasteiger partial charge is 0.383 e. The van der Waals surface area contributed by atoms with Crippen molar-refractivity contribution < 1.29 is 4.74 Å². The number of nitrogens with one attached hydrogen (secondary N) is 1. The van der Waals surface area contributed by atoms with Crippen molar-refractivity contribution in [2.24, 2.45) is 16.1 Å². The van der Waals surface area contributed by atoms with Gasteiger partial charge in [-0.25, -0.2) is 0 Å². The van der Waals surface area contributed by atoms with E-state index in [1.165, 1.54) is 5.56 Å². The van der Waals surface area contributed by atoms with Crippen LogP contribution in [0, 0.1) is 5.41 Å². The summed E-state index contributed by atoms with van der Waals surface area (Å²) in [7, 11) is 1.68. The topological polar surface area (TPSA) is 59.6 Å². The molecule has 0 aromatic heterocycles. The molecule has 1 aromatic rings. The highest BCUT2D eigenvalue weighted by Crippen LogP contribution is 2.21. The fraction of sp³-hybridized carbons (Fsp3) is 0.562. The molecule has 5 heteroatoms. The van der Waals surface area contributed by atoms with Gasteiger partial charge in [-0.05, 0) is 24.3 Å². The number of guanidine groups is 1. The first kappa shape index (κ1) is 20.2. The molecule has 120 valence electrons. The number of benzene rings is 1. The highest BCUT2D eigenvalue weighted by Gasteiger charge is 2.18. The van der Waals surface area contributed by atoms with Crippen LogP contribution in [-0.2, 0) is 11.2 Å². The van der Waals surface area contributed by atoms with Gasteiger partial charge in [-0.2, -0.15) is 0 Å². The number of hydrogen-bond acceptors (Lipinski definition) is 2. The quantitative estimate of drug-likeness (QED) is 0.417. The fourth-order valence-electron chi connectivity index (χ4n) is 2.09. The minimum atomic E-state index is 0. The Kier molecular flexibility index (Phi) is 9.61. The zero-order valence-electron chi connectivity index (χ0n) is 13.4. The molecule has 0 amide bonds. The first-order valence-corrected chi connectivity index (χ1v) is 7.02. The highest BCUT2D eigenvalue weighted by molar-refractivity contribution is 14.0. The van der Waals surface area contributed by atoms with E-state index >= 15 is 0 Å². The van der Waals surface area contributed by atoms with Gasteiger partial charge in [-0.1, -0.05) is 44.2 Å². The minimum absolute atomic E-state index is 0. The molecule has 0 aliphatic carbocycles. The van der Waals surface area contributed by atoms with Gasteiger partial charge in [0.05, 0.1) is 6.61 Å². The SMILES string of the molecule is COCC(C)NC(N)=NCC(C)(C)Cc1ccccc1.I. The van der Waals surface area contributed by atoms with Crippen molar-refractivity contribution in [3.8, 4) is 0 Å². The van der Waals surface area contributed by atoms with Crippen LogP contribution >= 0.6 is 24.0 Å². The van der Waals surface area contributed by atoms with Gasteiger partial charge in [0.15, 0.2) is 5.96 Å². The number of ether oxygens (including phenoxy) is 1. The molecule has 1 atom stereocenters. The van der Waals surface area contributed by atoms with Crippen molar-refractivity contribution in [2.45, 2.75) is 33.2 Å². The second kappa shape index (κ2) is 10.00. The molecule has 0 radical (unpaired) electrons. The van der Waals surface area contributed by atoms with Crippen LogP contribution in [0.2, 0.25) is 0 Å². The molecule has 1 aromatic carbocycles. The third-order valence-corrected chi connectivity index (χ3v) is 3.01. The second-order valence-electron chi connectivity index (χ2n) is 6.03. The summed E-state index contributed by atoms with van der Waals surface area (Å²) in [5, 5.41) is 3.12. The third-order valence-electron chi connectivity index (χ3n) is 3.01. The number of hydrogen-bond donors (Lipinski definition) is 2. The Morgan fingerprint density at radius 1 is 1.33 bits per heavy atom. The molecule has 0 aliphatic heterocycles. The molecule has 21 heavy (non-hydrogen) atoms. The normalized spacial score (nSPS) is 13.4. The van der Waals surface area contributed by atoms with Crippen LogP contribution in [0.5, 0.6) is 0 Å². The predicted molar refractivity (Wildman–Crippen MR) is 100 cm³/mol. The lowest BCUT2D eigenvalue weighted by Gasteiger charge is -2.23. The molecule has 3 N–H and O–H groups in total. The molecular weight excluding hydrogens is 377 g/mol. The van der Waals surface area contributed by atoms with Crippen LogP contribution < -0.4 is 11.1 Å². The number of methoxy groups -OCH3 is 1. The molecule has 4 nitrogen and oxygen atoms in total. The smallest absolute Gasteiger partial charge is 0.188 e. The summed E-state index contributed by atoms with van der Waals surface area (Å²) in [6.45, 7) is 7.73. The van der Waals surface area contributed by atoms with E-state index in [-0.39, 0.29) is 35.4 Å². The Morgan fingerprint density at radius 2 is 1.95 bits per heavy atom. The van der Waals surface area contributed by atoms with Crippen LogP contribution in [0.25, 0.3) is 0 Å². The average Bonchev–Trinajstić information content (AvgIpc) is 2.37. The van der Waals surface area contributed by atoms with Gasteiger partial charge < -0.3 is 15.8 Å². The summed E-state index contributed by atoms with van der Waals surface area (Å²) >= 11 is 0. The lowest BCUT2D eigenvalue weighted by Crippen LogP contribution is -2.41. The van der Waals surface area contributed by atoms with Crippen molar-refractivity contribution in [1.29, 1.82) is 0 Å². The van der Waals surface area contributed by atoms with Gasteiger partial charge in [-0.15, -0.1) is 24.0 Å². The molecule has 0 spiro atoms. The maximum absolute atomic E-state index is 5.89. The Hall–Kier alpha value is -0.820. The van der Waals surface area contributed by atoms with Crippen LogP contribution in [0.3, 0.4) is 0 Å². The standard InChI is InChI=1S/C16H27N3O.HI/c1-13(11-20-4)19-15(17)18-12-16(2,3)10-14-8-6-5-7-9-14;/h5-9,13H,10-12H2,1-4H3,(H3,17,18,19);1H. The number of rotatable bonds is 7. The number of nitrogens with two attached hydrogens (primary N) is 1. The number of aliphatic imine (C=N–C) groups is 1. The van der Waals surface area contributed by atoms with Gasteiger partial charge in [-0.3, -0.25) is 4.99 Å². The van der Waals surface area contributed by atoms with E-state index in [0.29, 0.717) is 19.1 Å². The van der Waals surface area contributed by atoms with E-state index in [2.05, 4.69) is 48.4 Å². The van der Waals surface area contributed by atoms with Crippen molar-refractivity contribution in [3.05, 3.63) is 35.9 Å². The molecule has 0 fully saturated rings. The van der Waals surface area contributed by atoms with E-state index in [9.17, 15) is 0 Å². The van der Waals surface area contributed by atoms with E-state index < -0.39 is 0 Å². The van der Waals surface area contributed by atoms with Gasteiger partial charge in [0, 0.05) is 19.7 Å². The summed E-state index contributed by atoms with van der Waals surface area (Å²) in [4.78, 5) is 4.44. The summed E-state index contributed by atoms with van der Waals surface area (Å²) in [5.74, 6) is 0.482. The minimum Gasteiger partial charge on any atom is -0.383 e. The Labute approximate surface area is 145 Å². The Morgan fingerprint density at radius 3 is 2.52 bits per heavy atom. The summed E-state index contributed by atoms with van der Waals surface area (Å²) in [6, 6.07) is 10.6. The van der Waals surface area contributed by atoms with Crippen molar-refractivity contribution in [3.63, 3.8) is 0 Å². The monoisotopic (exact) mass is 405 g/mol. The highest BCUT2D eigenvalue weighted by atomic mass is 127. The molecule has 0 bridgehead atoms. The third kappa shape index (κ3) is 8.93. The second-order valence-corrected chi connectivity index (χ2v) is 6.03. The lowest BCUT2D eigenvalue weighted by molar-refractivity contribution is 0.179. The summed E-state index contributed by atoms with van der Waals surface area (Å²) in [5.41, 5.74) is 7.30. The molecule has 1 rings (SSSR count). The average molecular weight is 405 g/mol. The zero-order valence-corrected chi connectivity index (χ0v) is 15.8. The van der Waals surface area contributed by atoms with Crippen LogP contribution in [0.1, 0.15) is 26.3 Å². The lowest BCUT2D eigenvalue weighted by atomic mass is 9.86. The molecule has 0 heterocycles. The van der Waals surface area contributed by atoms with Gasteiger partial charge in [0.1, 0.15) is 0 Å². The van der Waals surface area contributed by atoms with Crippen molar-refractivity contribution in [1.82, 2.24) is 5.32 Å². The molecule has 1 unspecified atom stereocenters. The van der Waals surface area contributed by atoms with Crippen molar-refractivity contribution in [2.75, 3.05) is 20.3 Å². The Bertz CT molecular complexity index is 421. The number of nitrogens with zero attached hydrogens (tertiary/aromatic N) is 1. The number of halogens is 1. The Balaban J connectivity index is 0.00000400. The van der Waals surface area contributed by atoms with Gasteiger partial charge in [0.25, 0.3) is 0 Å². The van der Waals surface area contributed by atoms with Crippen LogP contribution in [-0.4, -0.2) is 32.3 Å². The fourth-order valence-corrected chi connectivity index (χ4v) is 2.09. The summed E-state index contributed by atoms with van der Waals surface area (Å²) in [6.07, 6.45) is 0.984. The molecule has 0 saturated heterocycles. The van der Waals surface area contributed by atoms with E-state index in [0.717, 1.165) is 6.42 Å². The maximum atomic E-state index is 5.89. The van der Waals surface area contributed by atoms with Crippen LogP contribution in [0.15, 0.2) is 35.3 Å². The zero-order chi connectivity index (χ0) is 15.0. The molecular formula is C16H28IN3O. The summed E-state index contributed by atoms with van der Waals surface area (Å²) < 4.78 is 5.06. The maximum Gasteiger partial charge on any atom is 0.188 e. The van der Waals surface area contributed by atoms with E-state index in [1.807, 2.05) is 13.0 Å². The van der Waals surface area contributed by atoms with Gasteiger partial charge >= 0.3 is 0 Å². The first-order valence-electron chi connectivity index (χ1n) is 7.02. The predicted octanol–water partition coefficient (Wildman–Crippen LogP) is 2.81. The van der Waals surface area contributed by atoms with E-state index in [1.54, 1.807) is 7.11 Å². The first-order chi connectivity index (χ1) is 9.43. The van der Waals surface area contributed by atoms with E-state index in [4.69, 9.17) is 10.5 Å². The molecule has 0 saturated carbocycles. The molecule has 0 aliphatic rings.